The molecule has 0 spiro atoms. The molecule has 1 heterocycles. The van der Waals surface area contributed by atoms with Crippen LogP contribution in [0.1, 0.15) is 34.1 Å². The van der Waals surface area contributed by atoms with E-state index >= 15 is 0 Å². The van der Waals surface area contributed by atoms with E-state index in [1.165, 1.54) is 0 Å². The van der Waals surface area contributed by atoms with Crippen LogP contribution in [-0.4, -0.2) is 62.2 Å². The Morgan fingerprint density at radius 3 is 1.32 bits per heavy atom. The van der Waals surface area contributed by atoms with Crippen LogP contribution in [0.2, 0.25) is 6.04 Å². The Morgan fingerprint density at radius 1 is 0.727 bits per heavy atom. The van der Waals surface area contributed by atoms with E-state index in [4.69, 9.17) is 27.5 Å². The molecule has 134 valence electrons. The second kappa shape index (κ2) is 15.8. The minimum absolute atomic E-state index is 0.168. The standard InChI is InChI=1S/C12H28O6Si.C2H4O/c1-5-9-19(16-10-13-6-2,17-11-14-7-3)18-12-15-8-4;1-2-3-1/h5-12H2,1-4H3;1-2H2. The summed E-state index contributed by atoms with van der Waals surface area (Å²) in [6.45, 7) is 12.1. The largest absolute Gasteiger partial charge is 0.506 e. The van der Waals surface area contributed by atoms with E-state index in [1.807, 2.05) is 20.8 Å². The molecule has 1 aliphatic rings. The first-order valence-corrected chi connectivity index (χ1v) is 9.90. The molecule has 0 aromatic heterocycles. The van der Waals surface area contributed by atoms with Gasteiger partial charge in [0.2, 0.25) is 0 Å². The molecule has 1 aliphatic heterocycles. The van der Waals surface area contributed by atoms with Crippen LogP contribution in [0.15, 0.2) is 0 Å². The Kier molecular flexibility index (Phi) is 15.8. The van der Waals surface area contributed by atoms with Gasteiger partial charge in [-0.25, -0.2) is 0 Å². The van der Waals surface area contributed by atoms with Crippen LogP contribution in [0, 0.1) is 0 Å². The Morgan fingerprint density at radius 2 is 1.09 bits per heavy atom. The second-order valence-electron chi connectivity index (χ2n) is 4.31. The lowest BCUT2D eigenvalue weighted by Crippen LogP contribution is -2.47. The predicted octanol–water partition coefficient (Wildman–Crippen LogP) is 2.38. The molecular weight excluding hydrogens is 308 g/mol. The predicted molar refractivity (Wildman–Crippen MR) is 84.4 cm³/mol. The van der Waals surface area contributed by atoms with Crippen LogP contribution >= 0.6 is 0 Å². The molecule has 0 aliphatic carbocycles. The van der Waals surface area contributed by atoms with Crippen molar-refractivity contribution in [1.82, 2.24) is 0 Å². The highest BCUT2D eigenvalue weighted by molar-refractivity contribution is 6.60. The van der Waals surface area contributed by atoms with E-state index in [0.29, 0.717) is 25.9 Å². The molecule has 0 N–H and O–H groups in total. The first-order valence-electron chi connectivity index (χ1n) is 7.97. The maximum atomic E-state index is 5.72. The molecule has 22 heavy (non-hydrogen) atoms. The van der Waals surface area contributed by atoms with Crippen molar-refractivity contribution in [3.63, 3.8) is 0 Å². The molecule has 0 unspecified atom stereocenters. The molecule has 0 atom stereocenters. The summed E-state index contributed by atoms with van der Waals surface area (Å²) in [6, 6.07) is 0.709. The van der Waals surface area contributed by atoms with Crippen molar-refractivity contribution in [2.45, 2.75) is 40.2 Å². The summed E-state index contributed by atoms with van der Waals surface area (Å²) in [5.74, 6) is 0. The molecule has 1 saturated heterocycles. The average Bonchev–Trinajstić information content (AvgIpc) is 3.37. The van der Waals surface area contributed by atoms with Gasteiger partial charge in [0.05, 0.1) is 13.2 Å². The van der Waals surface area contributed by atoms with E-state index < -0.39 is 8.80 Å². The fourth-order valence-corrected chi connectivity index (χ4v) is 3.38. The molecule has 0 saturated carbocycles. The normalized spacial score (nSPS) is 13.6. The van der Waals surface area contributed by atoms with Gasteiger partial charge in [-0.15, -0.1) is 0 Å². The Balaban J connectivity index is 0.00000129. The summed E-state index contributed by atoms with van der Waals surface area (Å²) in [5.41, 5.74) is 0. The van der Waals surface area contributed by atoms with E-state index in [-0.39, 0.29) is 20.4 Å². The maximum absolute atomic E-state index is 5.72. The van der Waals surface area contributed by atoms with Crippen molar-refractivity contribution in [1.29, 1.82) is 0 Å². The van der Waals surface area contributed by atoms with Crippen LogP contribution in [0.3, 0.4) is 0 Å². The minimum Gasteiger partial charge on any atom is -0.377 e. The summed E-state index contributed by atoms with van der Waals surface area (Å²) in [5, 5.41) is 0. The second-order valence-corrected chi connectivity index (χ2v) is 7.04. The Bertz CT molecular complexity index is 200. The summed E-state index contributed by atoms with van der Waals surface area (Å²) in [4.78, 5) is 0. The zero-order chi connectivity index (χ0) is 16.5. The van der Waals surface area contributed by atoms with Gasteiger partial charge in [-0.3, -0.25) is 0 Å². The molecule has 0 bridgehead atoms. The quantitative estimate of drug-likeness (QED) is 0.208. The van der Waals surface area contributed by atoms with E-state index in [1.54, 1.807) is 0 Å². The molecule has 1 fully saturated rings. The van der Waals surface area contributed by atoms with Gasteiger partial charge >= 0.3 is 8.80 Å². The minimum atomic E-state index is -2.78. The summed E-state index contributed by atoms with van der Waals surface area (Å²) >= 11 is 0. The number of ether oxygens (including phenoxy) is 4. The molecule has 0 aromatic rings. The number of hydrogen-bond donors (Lipinski definition) is 0. The van der Waals surface area contributed by atoms with Gasteiger partial charge < -0.3 is 32.2 Å². The Labute approximate surface area is 135 Å². The third-order valence-corrected chi connectivity index (χ3v) is 5.24. The van der Waals surface area contributed by atoms with E-state index in [9.17, 15) is 0 Å². The van der Waals surface area contributed by atoms with Crippen molar-refractivity contribution in [2.75, 3.05) is 53.4 Å². The zero-order valence-corrected chi connectivity index (χ0v) is 15.4. The van der Waals surface area contributed by atoms with Gasteiger partial charge in [0.1, 0.15) is 20.4 Å². The zero-order valence-electron chi connectivity index (χ0n) is 14.4. The molecule has 0 amide bonds. The van der Waals surface area contributed by atoms with E-state index in [2.05, 4.69) is 11.7 Å². The van der Waals surface area contributed by atoms with Crippen molar-refractivity contribution in [3.05, 3.63) is 0 Å². The third kappa shape index (κ3) is 13.6. The highest BCUT2D eigenvalue weighted by Crippen LogP contribution is 2.18. The highest BCUT2D eigenvalue weighted by Gasteiger charge is 2.41. The van der Waals surface area contributed by atoms with Crippen LogP contribution in [-0.2, 0) is 32.2 Å². The van der Waals surface area contributed by atoms with Crippen LogP contribution < -0.4 is 0 Å². The van der Waals surface area contributed by atoms with Crippen LogP contribution in [0.5, 0.6) is 0 Å². The molecule has 1 rings (SSSR count). The smallest absolute Gasteiger partial charge is 0.377 e. The average molecular weight is 340 g/mol. The van der Waals surface area contributed by atoms with Crippen molar-refractivity contribution < 1.29 is 32.2 Å². The summed E-state index contributed by atoms with van der Waals surface area (Å²) < 4.78 is 37.3. The topological polar surface area (TPSA) is 67.9 Å². The first kappa shape index (κ1) is 21.9. The molecule has 0 radical (unpaired) electrons. The lowest BCUT2D eigenvalue weighted by atomic mass is 10.6. The Hall–Kier alpha value is -0.0631. The fraction of sp³-hybridized carbons (Fsp3) is 1.00. The van der Waals surface area contributed by atoms with Gasteiger partial charge in [-0.05, 0) is 20.8 Å². The summed E-state index contributed by atoms with van der Waals surface area (Å²) in [7, 11) is -2.78. The first-order chi connectivity index (χ1) is 10.7. The molecule has 7 nitrogen and oxygen atoms in total. The lowest BCUT2D eigenvalue weighted by Gasteiger charge is -2.28. The van der Waals surface area contributed by atoms with Gasteiger partial charge in [0, 0.05) is 25.9 Å². The van der Waals surface area contributed by atoms with E-state index in [0.717, 1.165) is 19.6 Å². The van der Waals surface area contributed by atoms with Gasteiger partial charge in [-0.1, -0.05) is 13.3 Å². The molecule has 8 heteroatoms. The van der Waals surface area contributed by atoms with Gasteiger partial charge in [-0.2, -0.15) is 0 Å². The van der Waals surface area contributed by atoms with Gasteiger partial charge in [0.25, 0.3) is 0 Å². The lowest BCUT2D eigenvalue weighted by molar-refractivity contribution is -0.100. The van der Waals surface area contributed by atoms with Gasteiger partial charge in [0.15, 0.2) is 0 Å². The van der Waals surface area contributed by atoms with Crippen molar-refractivity contribution in [2.24, 2.45) is 0 Å². The number of hydrogen-bond acceptors (Lipinski definition) is 7. The number of rotatable bonds is 14. The summed E-state index contributed by atoms with van der Waals surface area (Å²) in [6.07, 6.45) is 0.899. The monoisotopic (exact) mass is 340 g/mol. The SMILES string of the molecule is C1CO1.CCC[Si](OCOCC)(OCOCC)OCOCC. The van der Waals surface area contributed by atoms with Crippen LogP contribution in [0.4, 0.5) is 0 Å². The third-order valence-electron chi connectivity index (χ3n) is 2.46. The van der Waals surface area contributed by atoms with Crippen LogP contribution in [0.25, 0.3) is 0 Å². The molecular formula is C14H32O7Si. The fourth-order valence-electron chi connectivity index (χ4n) is 1.29. The highest BCUT2D eigenvalue weighted by atomic mass is 28.4. The van der Waals surface area contributed by atoms with Crippen molar-refractivity contribution >= 4 is 8.80 Å². The van der Waals surface area contributed by atoms with Crippen molar-refractivity contribution in [3.8, 4) is 0 Å². The molecule has 0 aromatic carbocycles. The number of epoxide rings is 1. The maximum Gasteiger partial charge on any atom is 0.506 e.